The molecule has 1 saturated heterocycles. The van der Waals surface area contributed by atoms with E-state index in [0.29, 0.717) is 25.0 Å². The van der Waals surface area contributed by atoms with Crippen LogP contribution in [-0.2, 0) is 24.8 Å². The first kappa shape index (κ1) is 19.0. The number of fused-ring (bicyclic) bond motifs is 3. The molecule has 1 N–H and O–H groups in total. The van der Waals surface area contributed by atoms with Gasteiger partial charge in [-0.25, -0.2) is 0 Å². The van der Waals surface area contributed by atoms with Crippen molar-refractivity contribution in [3.8, 4) is 0 Å². The Balaban J connectivity index is 1.53. The second-order valence-electron chi connectivity index (χ2n) is 8.22. The lowest BCUT2D eigenvalue weighted by molar-refractivity contribution is -0.132. The average molecular weight is 382 g/mol. The molecule has 0 unspecified atom stereocenters. The van der Waals surface area contributed by atoms with Crippen LogP contribution in [0.1, 0.15) is 36.8 Å². The van der Waals surface area contributed by atoms with E-state index in [9.17, 15) is 4.79 Å². The van der Waals surface area contributed by atoms with Crippen molar-refractivity contribution in [1.29, 1.82) is 0 Å². The van der Waals surface area contributed by atoms with Crippen molar-refractivity contribution in [1.82, 2.24) is 19.6 Å². The quantitative estimate of drug-likeness (QED) is 0.888. The van der Waals surface area contributed by atoms with E-state index >= 15 is 0 Å². The van der Waals surface area contributed by atoms with E-state index in [0.717, 1.165) is 37.2 Å². The number of anilines is 1. The molecule has 3 heterocycles. The molecule has 2 atom stereocenters. The number of hydrogen-bond acceptors (Lipinski definition) is 4. The van der Waals surface area contributed by atoms with Crippen LogP contribution in [0.4, 0.5) is 5.69 Å². The summed E-state index contributed by atoms with van der Waals surface area (Å²) in [6.45, 7) is 2.46. The number of rotatable bonds is 3. The van der Waals surface area contributed by atoms with Crippen LogP contribution in [0.25, 0.3) is 0 Å². The van der Waals surface area contributed by atoms with Gasteiger partial charge in [0.1, 0.15) is 0 Å². The van der Waals surface area contributed by atoms with Crippen molar-refractivity contribution < 1.29 is 4.79 Å². The Morgan fingerprint density at radius 3 is 2.82 bits per heavy atom. The second kappa shape index (κ2) is 8.35. The molecular formula is C22H31N5O. The maximum absolute atomic E-state index is 13.2. The van der Waals surface area contributed by atoms with Crippen LogP contribution in [0.15, 0.2) is 36.7 Å². The fourth-order valence-electron chi connectivity index (χ4n) is 4.59. The number of amides is 1. The molecule has 1 fully saturated rings. The molecule has 6 nitrogen and oxygen atoms in total. The summed E-state index contributed by atoms with van der Waals surface area (Å²) in [5, 5.41) is 7.82. The van der Waals surface area contributed by atoms with Gasteiger partial charge in [-0.05, 0) is 49.9 Å². The summed E-state index contributed by atoms with van der Waals surface area (Å²) in [6, 6.07) is 9.47. The standard InChI is InChI=1S/C22H31N5O/c1-25-14-17(13-24-25)7-10-22(28)27-15-18-5-3-4-6-21(18)23-12-11-19-8-9-20(16-27)26(19)2/h3-6,13-14,19-20,23H,7-12,15-16H2,1-2H3/t19-,20+/m0/s1. The highest BCUT2D eigenvalue weighted by molar-refractivity contribution is 5.76. The van der Waals surface area contributed by atoms with Crippen molar-refractivity contribution in [2.24, 2.45) is 7.05 Å². The zero-order valence-corrected chi connectivity index (χ0v) is 17.0. The van der Waals surface area contributed by atoms with Gasteiger partial charge in [-0.1, -0.05) is 18.2 Å². The van der Waals surface area contributed by atoms with E-state index < -0.39 is 0 Å². The van der Waals surface area contributed by atoms with E-state index in [-0.39, 0.29) is 5.91 Å². The molecule has 0 spiro atoms. The third-order valence-corrected chi connectivity index (χ3v) is 6.33. The van der Waals surface area contributed by atoms with Crippen LogP contribution in [-0.4, -0.2) is 57.7 Å². The summed E-state index contributed by atoms with van der Waals surface area (Å²) < 4.78 is 1.79. The second-order valence-corrected chi connectivity index (χ2v) is 8.22. The van der Waals surface area contributed by atoms with E-state index in [2.05, 4.69) is 51.5 Å². The van der Waals surface area contributed by atoms with Gasteiger partial charge in [0.25, 0.3) is 0 Å². The number of nitrogens with zero attached hydrogens (tertiary/aromatic N) is 4. The largest absolute Gasteiger partial charge is 0.385 e. The van der Waals surface area contributed by atoms with Crippen LogP contribution < -0.4 is 5.32 Å². The molecule has 6 heteroatoms. The lowest BCUT2D eigenvalue weighted by Gasteiger charge is -2.31. The first-order valence-corrected chi connectivity index (χ1v) is 10.4. The Morgan fingerprint density at radius 1 is 1.18 bits per heavy atom. The highest BCUT2D eigenvalue weighted by Crippen LogP contribution is 2.28. The van der Waals surface area contributed by atoms with Crippen LogP contribution >= 0.6 is 0 Å². The smallest absolute Gasteiger partial charge is 0.223 e. The van der Waals surface area contributed by atoms with E-state index in [1.807, 2.05) is 19.4 Å². The predicted octanol–water partition coefficient (Wildman–Crippen LogP) is 2.66. The third kappa shape index (κ3) is 4.22. The number of aryl methyl sites for hydroxylation is 2. The average Bonchev–Trinajstić information content (AvgIpc) is 3.25. The SMILES string of the molecule is CN1[C@@H]2CCNc3ccccc3CN(C(=O)CCc3cnn(C)c3)C[C@H]1CC2. The van der Waals surface area contributed by atoms with Crippen molar-refractivity contribution in [3.05, 3.63) is 47.8 Å². The Labute approximate surface area is 167 Å². The fourth-order valence-corrected chi connectivity index (χ4v) is 4.59. The molecule has 1 amide bonds. The van der Waals surface area contributed by atoms with Gasteiger partial charge < -0.3 is 10.2 Å². The molecule has 28 heavy (non-hydrogen) atoms. The Hall–Kier alpha value is -2.34. The number of hydrogen-bond donors (Lipinski definition) is 1. The highest BCUT2D eigenvalue weighted by atomic mass is 16.2. The molecule has 4 rings (SSSR count). The topological polar surface area (TPSA) is 53.4 Å². The van der Waals surface area contributed by atoms with Crippen molar-refractivity contribution >= 4 is 11.6 Å². The minimum Gasteiger partial charge on any atom is -0.385 e. The van der Waals surface area contributed by atoms with Gasteiger partial charge in [0.15, 0.2) is 0 Å². The molecule has 150 valence electrons. The number of benzene rings is 1. The summed E-state index contributed by atoms with van der Waals surface area (Å²) in [7, 11) is 4.14. The van der Waals surface area contributed by atoms with E-state index in [4.69, 9.17) is 0 Å². The zero-order chi connectivity index (χ0) is 19.5. The van der Waals surface area contributed by atoms with Gasteiger partial charge in [0.05, 0.1) is 6.20 Å². The fraction of sp³-hybridized carbons (Fsp3) is 0.545. The maximum Gasteiger partial charge on any atom is 0.223 e. The van der Waals surface area contributed by atoms with Gasteiger partial charge in [0.2, 0.25) is 5.91 Å². The van der Waals surface area contributed by atoms with Gasteiger partial charge in [0, 0.05) is 57.1 Å². The normalized spacial score (nSPS) is 23.0. The van der Waals surface area contributed by atoms with Crippen LogP contribution in [0.5, 0.6) is 0 Å². The lowest BCUT2D eigenvalue weighted by atomic mass is 10.1. The predicted molar refractivity (Wildman–Crippen MR) is 111 cm³/mol. The van der Waals surface area contributed by atoms with Crippen LogP contribution in [0, 0.1) is 0 Å². The van der Waals surface area contributed by atoms with E-state index in [1.165, 1.54) is 18.4 Å². The van der Waals surface area contributed by atoms with Crippen LogP contribution in [0.2, 0.25) is 0 Å². The third-order valence-electron chi connectivity index (χ3n) is 6.33. The monoisotopic (exact) mass is 381 g/mol. The summed E-state index contributed by atoms with van der Waals surface area (Å²) in [6.07, 6.45) is 8.67. The number of nitrogens with one attached hydrogen (secondary N) is 1. The van der Waals surface area contributed by atoms with E-state index in [1.54, 1.807) is 4.68 Å². The molecule has 2 aliphatic heterocycles. The molecule has 1 aromatic heterocycles. The minimum atomic E-state index is 0.231. The molecule has 2 bridgehead atoms. The summed E-state index contributed by atoms with van der Waals surface area (Å²) >= 11 is 0. The lowest BCUT2D eigenvalue weighted by Crippen LogP contribution is -2.43. The molecule has 0 aliphatic carbocycles. The summed E-state index contributed by atoms with van der Waals surface area (Å²) in [5.74, 6) is 0.231. The number of para-hydroxylation sites is 1. The van der Waals surface area contributed by atoms with Crippen molar-refractivity contribution in [3.63, 3.8) is 0 Å². The molecule has 2 aliphatic rings. The maximum atomic E-state index is 13.2. The summed E-state index contributed by atoms with van der Waals surface area (Å²) in [5.41, 5.74) is 3.49. The first-order chi connectivity index (χ1) is 13.6. The first-order valence-electron chi connectivity index (χ1n) is 10.4. The molecule has 0 radical (unpaired) electrons. The zero-order valence-electron chi connectivity index (χ0n) is 17.0. The Morgan fingerprint density at radius 2 is 2.00 bits per heavy atom. The minimum absolute atomic E-state index is 0.231. The number of aromatic nitrogens is 2. The number of likely N-dealkylation sites (N-methyl/N-ethyl adjacent to an activating group) is 1. The molecule has 2 aromatic rings. The Kier molecular flexibility index (Phi) is 5.67. The van der Waals surface area contributed by atoms with Crippen molar-refractivity contribution in [2.45, 2.75) is 50.7 Å². The molecule has 0 saturated carbocycles. The van der Waals surface area contributed by atoms with Gasteiger partial charge in [-0.3, -0.25) is 14.4 Å². The summed E-state index contributed by atoms with van der Waals surface area (Å²) in [4.78, 5) is 17.8. The molecular weight excluding hydrogens is 350 g/mol. The number of carbonyl (C=O) groups is 1. The van der Waals surface area contributed by atoms with Gasteiger partial charge in [-0.15, -0.1) is 0 Å². The van der Waals surface area contributed by atoms with Crippen molar-refractivity contribution in [2.75, 3.05) is 25.5 Å². The van der Waals surface area contributed by atoms with Crippen LogP contribution in [0.3, 0.4) is 0 Å². The number of carbonyl (C=O) groups excluding carboxylic acids is 1. The Bertz CT molecular complexity index is 817. The highest BCUT2D eigenvalue weighted by Gasteiger charge is 2.33. The van der Waals surface area contributed by atoms with Gasteiger partial charge >= 0.3 is 0 Å². The van der Waals surface area contributed by atoms with Gasteiger partial charge in [-0.2, -0.15) is 5.10 Å². The molecule has 1 aromatic carbocycles.